The van der Waals surface area contributed by atoms with Crippen molar-refractivity contribution in [3.63, 3.8) is 0 Å². The van der Waals surface area contributed by atoms with Crippen molar-refractivity contribution < 1.29 is 24.2 Å². The maximum atomic E-state index is 12.6. The number of carbonyl (C=O) groups excluding carboxylic acids is 2. The number of hydrogen-bond donors (Lipinski definition) is 1. The van der Waals surface area contributed by atoms with E-state index in [0.717, 1.165) is 4.68 Å². The molecule has 1 heterocycles. The molecule has 0 atom stereocenters. The van der Waals surface area contributed by atoms with Gasteiger partial charge in [-0.3, -0.25) is 9.59 Å². The number of ketones is 1. The highest BCUT2D eigenvalue weighted by atomic mass is 16.5. The molecule has 0 bridgehead atoms. The van der Waals surface area contributed by atoms with Crippen molar-refractivity contribution in [2.24, 2.45) is 0 Å². The van der Waals surface area contributed by atoms with Crippen molar-refractivity contribution in [2.45, 2.75) is 13.5 Å². The number of aliphatic hydroxyl groups is 1. The lowest BCUT2D eigenvalue weighted by atomic mass is 10.1. The van der Waals surface area contributed by atoms with Crippen molar-refractivity contribution in [1.82, 2.24) is 9.78 Å². The summed E-state index contributed by atoms with van der Waals surface area (Å²) in [6.07, 6.45) is 0. The summed E-state index contributed by atoms with van der Waals surface area (Å²) >= 11 is 0. The lowest BCUT2D eigenvalue weighted by molar-refractivity contribution is 0.0468. The van der Waals surface area contributed by atoms with Crippen LogP contribution in [0.4, 0.5) is 0 Å². The first kappa shape index (κ1) is 20.2. The molecule has 0 aliphatic heterocycles. The van der Waals surface area contributed by atoms with Crippen LogP contribution < -0.4 is 10.3 Å². The minimum absolute atomic E-state index is 0.0605. The Hall–Kier alpha value is -3.52. The highest BCUT2D eigenvalue weighted by Crippen LogP contribution is 2.15. The summed E-state index contributed by atoms with van der Waals surface area (Å²) in [6.45, 7) is 1.54. The number of Topliss-reactive ketones (excluding diaryl/α,β-unsaturated/α-hetero) is 1. The molecule has 1 N–H and O–H groups in total. The highest BCUT2D eigenvalue weighted by Gasteiger charge is 2.19. The molecule has 2 aromatic carbocycles. The van der Waals surface area contributed by atoms with Crippen molar-refractivity contribution in [1.29, 1.82) is 0 Å². The van der Waals surface area contributed by atoms with Crippen LogP contribution in [0, 0.1) is 0 Å². The molecule has 0 amide bonds. The molecule has 0 aliphatic rings. The molecule has 8 heteroatoms. The van der Waals surface area contributed by atoms with E-state index < -0.39 is 18.1 Å². The van der Waals surface area contributed by atoms with Gasteiger partial charge >= 0.3 is 5.97 Å². The van der Waals surface area contributed by atoms with Crippen LogP contribution in [0.2, 0.25) is 0 Å². The molecule has 1 aromatic heterocycles. The minimum atomic E-state index is -0.827. The number of rotatable bonds is 8. The molecule has 0 aliphatic carbocycles. The Morgan fingerprint density at radius 2 is 1.76 bits per heavy atom. The van der Waals surface area contributed by atoms with Gasteiger partial charge in [0.15, 0.2) is 18.1 Å². The summed E-state index contributed by atoms with van der Waals surface area (Å²) in [7, 11) is 0. The van der Waals surface area contributed by atoms with Gasteiger partial charge < -0.3 is 14.6 Å². The Bertz CT molecular complexity index is 1090. The number of carbonyl (C=O) groups is 2. The van der Waals surface area contributed by atoms with E-state index >= 15 is 0 Å². The molecular formula is C21H20N2O6. The molecule has 0 spiro atoms. The van der Waals surface area contributed by atoms with Crippen LogP contribution >= 0.6 is 0 Å². The first-order valence-corrected chi connectivity index (χ1v) is 9.09. The number of hydrogen-bond acceptors (Lipinski definition) is 7. The molecule has 3 rings (SSSR count). The van der Waals surface area contributed by atoms with Crippen LogP contribution in [0.1, 0.15) is 27.8 Å². The van der Waals surface area contributed by atoms with Gasteiger partial charge in [-0.2, -0.15) is 5.10 Å². The third-order valence-electron chi connectivity index (χ3n) is 4.19. The third kappa shape index (κ3) is 4.49. The Kier molecular flexibility index (Phi) is 6.36. The quantitative estimate of drug-likeness (QED) is 0.457. The first-order valence-electron chi connectivity index (χ1n) is 9.09. The second-order valence-corrected chi connectivity index (χ2v) is 6.10. The zero-order valence-corrected chi connectivity index (χ0v) is 15.8. The number of benzene rings is 2. The van der Waals surface area contributed by atoms with Gasteiger partial charge in [0, 0.05) is 10.9 Å². The Balaban J connectivity index is 1.80. The van der Waals surface area contributed by atoms with Crippen LogP contribution in [0.3, 0.4) is 0 Å². The summed E-state index contributed by atoms with van der Waals surface area (Å²) in [5.41, 5.74) is -0.130. The molecule has 0 saturated carbocycles. The molecule has 8 nitrogen and oxygen atoms in total. The van der Waals surface area contributed by atoms with Gasteiger partial charge in [-0.05, 0) is 37.3 Å². The second kappa shape index (κ2) is 9.11. The van der Waals surface area contributed by atoms with E-state index in [1.165, 1.54) is 0 Å². The number of ether oxygens (including phenoxy) is 2. The van der Waals surface area contributed by atoms with Gasteiger partial charge in [-0.1, -0.05) is 18.2 Å². The predicted octanol–water partition coefficient (Wildman–Crippen LogP) is 1.83. The van der Waals surface area contributed by atoms with Gasteiger partial charge in [-0.15, -0.1) is 0 Å². The fraction of sp³-hybridized carbons (Fsp3) is 0.238. The van der Waals surface area contributed by atoms with Crippen molar-refractivity contribution in [3.05, 3.63) is 70.1 Å². The monoisotopic (exact) mass is 396 g/mol. The van der Waals surface area contributed by atoms with E-state index in [4.69, 9.17) is 14.6 Å². The summed E-state index contributed by atoms with van der Waals surface area (Å²) in [5.74, 6) is -0.565. The van der Waals surface area contributed by atoms with Crippen LogP contribution in [0.15, 0.2) is 53.3 Å². The van der Waals surface area contributed by atoms with Gasteiger partial charge in [-0.25, -0.2) is 9.48 Å². The number of esters is 1. The van der Waals surface area contributed by atoms with E-state index in [-0.39, 0.29) is 30.0 Å². The molecule has 3 aromatic rings. The number of aliphatic hydroxyl groups excluding tert-OH is 1. The van der Waals surface area contributed by atoms with Crippen LogP contribution in [0.25, 0.3) is 10.8 Å². The van der Waals surface area contributed by atoms with E-state index in [0.29, 0.717) is 23.3 Å². The van der Waals surface area contributed by atoms with Gasteiger partial charge in [0.2, 0.25) is 0 Å². The van der Waals surface area contributed by atoms with Gasteiger partial charge in [0.25, 0.3) is 5.56 Å². The van der Waals surface area contributed by atoms with Crippen LogP contribution in [-0.2, 0) is 11.3 Å². The zero-order chi connectivity index (χ0) is 20.8. The maximum Gasteiger partial charge on any atom is 0.359 e. The molecule has 0 unspecified atom stereocenters. The highest BCUT2D eigenvalue weighted by molar-refractivity contribution is 6.04. The number of nitrogens with zero attached hydrogens (tertiary/aromatic N) is 2. The topological polar surface area (TPSA) is 108 Å². The maximum absolute atomic E-state index is 12.6. The van der Waals surface area contributed by atoms with Crippen LogP contribution in [-0.4, -0.2) is 46.5 Å². The molecule has 0 saturated heterocycles. The molecule has 0 radical (unpaired) electrons. The fourth-order valence-corrected chi connectivity index (χ4v) is 2.82. The normalized spacial score (nSPS) is 10.7. The van der Waals surface area contributed by atoms with E-state index in [1.54, 1.807) is 48.5 Å². The average molecular weight is 396 g/mol. The lowest BCUT2D eigenvalue weighted by Crippen LogP contribution is -2.28. The molecule has 29 heavy (non-hydrogen) atoms. The van der Waals surface area contributed by atoms with E-state index in [9.17, 15) is 14.4 Å². The largest absolute Gasteiger partial charge is 0.494 e. The number of aromatic nitrogens is 2. The lowest BCUT2D eigenvalue weighted by Gasteiger charge is -2.10. The Labute approximate surface area is 166 Å². The zero-order valence-electron chi connectivity index (χ0n) is 15.8. The minimum Gasteiger partial charge on any atom is -0.494 e. The molecule has 150 valence electrons. The average Bonchev–Trinajstić information content (AvgIpc) is 2.74. The summed E-state index contributed by atoms with van der Waals surface area (Å²) in [5, 5.41) is 13.7. The van der Waals surface area contributed by atoms with Gasteiger partial charge in [0.05, 0.1) is 25.1 Å². The standard InChI is InChI=1S/C21H20N2O6/c1-2-28-15-9-7-14(8-10-15)18(25)13-29-21(27)19-16-5-3-4-6-17(16)20(26)23(22-19)11-12-24/h3-10,24H,2,11-13H2,1H3. The summed E-state index contributed by atoms with van der Waals surface area (Å²) < 4.78 is 11.5. The smallest absolute Gasteiger partial charge is 0.359 e. The van der Waals surface area contributed by atoms with Gasteiger partial charge in [0.1, 0.15) is 5.75 Å². The van der Waals surface area contributed by atoms with Crippen molar-refractivity contribution in [2.75, 3.05) is 19.8 Å². The predicted molar refractivity (Wildman–Crippen MR) is 105 cm³/mol. The second-order valence-electron chi connectivity index (χ2n) is 6.10. The fourth-order valence-electron chi connectivity index (χ4n) is 2.82. The molecular weight excluding hydrogens is 376 g/mol. The molecule has 0 fully saturated rings. The van der Waals surface area contributed by atoms with Crippen LogP contribution in [0.5, 0.6) is 5.75 Å². The van der Waals surface area contributed by atoms with Crippen molar-refractivity contribution in [3.8, 4) is 5.75 Å². The van der Waals surface area contributed by atoms with E-state index in [1.807, 2.05) is 6.92 Å². The number of fused-ring (bicyclic) bond motifs is 1. The summed E-state index contributed by atoms with van der Waals surface area (Å²) in [6, 6.07) is 13.0. The Morgan fingerprint density at radius 1 is 1.07 bits per heavy atom. The van der Waals surface area contributed by atoms with E-state index in [2.05, 4.69) is 5.10 Å². The SMILES string of the molecule is CCOc1ccc(C(=O)COC(=O)c2nn(CCO)c(=O)c3ccccc23)cc1. The van der Waals surface area contributed by atoms with Crippen molar-refractivity contribution >= 4 is 22.5 Å². The first-order chi connectivity index (χ1) is 14.0. The summed E-state index contributed by atoms with van der Waals surface area (Å²) in [4.78, 5) is 37.3. The third-order valence-corrected chi connectivity index (χ3v) is 4.19. The Morgan fingerprint density at radius 3 is 2.41 bits per heavy atom.